The maximum atomic E-state index is 10.9. The van der Waals surface area contributed by atoms with Crippen molar-refractivity contribution in [3.8, 4) is 0 Å². The van der Waals surface area contributed by atoms with Gasteiger partial charge in [0.1, 0.15) is 6.20 Å². The number of hydrogen-bond donors (Lipinski definition) is 2. The van der Waals surface area contributed by atoms with Crippen LogP contribution in [0.3, 0.4) is 0 Å². The van der Waals surface area contributed by atoms with Crippen molar-refractivity contribution in [1.82, 2.24) is 9.97 Å². The Bertz CT molecular complexity index is 413. The minimum atomic E-state index is -0.499. The molecule has 0 aliphatic rings. The summed E-state index contributed by atoms with van der Waals surface area (Å²) in [5.41, 5.74) is -0.127. The number of hydrogen-bond acceptors (Lipinski definition) is 7. The van der Waals surface area contributed by atoms with Gasteiger partial charge in [-0.15, -0.1) is 0 Å². The van der Waals surface area contributed by atoms with Crippen LogP contribution in [0.25, 0.3) is 0 Å². The molecule has 0 aliphatic heterocycles. The van der Waals surface area contributed by atoms with Gasteiger partial charge in [0.25, 0.3) is 0 Å². The zero-order valence-electron chi connectivity index (χ0n) is 11.2. The standard InChI is InChI=1S/C11H19N5O3/c1-3-12-11-14-8-9(16(17)18)10(15-11)13-6-5-7-19-4-2/h8H,3-7H2,1-2H3,(H2,12,13,14,15). The lowest BCUT2D eigenvalue weighted by molar-refractivity contribution is -0.384. The first-order valence-corrected chi connectivity index (χ1v) is 6.26. The highest BCUT2D eigenvalue weighted by molar-refractivity contribution is 5.56. The van der Waals surface area contributed by atoms with Gasteiger partial charge in [0.2, 0.25) is 11.8 Å². The van der Waals surface area contributed by atoms with E-state index in [1.807, 2.05) is 13.8 Å². The quantitative estimate of drug-likeness (QED) is 0.399. The first-order chi connectivity index (χ1) is 9.19. The molecule has 0 spiro atoms. The van der Waals surface area contributed by atoms with E-state index in [1.54, 1.807) is 0 Å². The molecule has 0 saturated carbocycles. The first kappa shape index (κ1) is 15.1. The maximum Gasteiger partial charge on any atom is 0.329 e. The van der Waals surface area contributed by atoms with E-state index in [2.05, 4.69) is 20.6 Å². The minimum absolute atomic E-state index is 0.127. The third-order valence-electron chi connectivity index (χ3n) is 2.26. The molecular formula is C11H19N5O3. The SMILES string of the molecule is CCNc1ncc([N+](=O)[O-])c(NCCCOCC)n1. The molecule has 0 atom stereocenters. The lowest BCUT2D eigenvalue weighted by Crippen LogP contribution is -2.11. The summed E-state index contributed by atoms with van der Waals surface area (Å²) in [4.78, 5) is 18.3. The normalized spacial score (nSPS) is 10.2. The van der Waals surface area contributed by atoms with Crippen molar-refractivity contribution < 1.29 is 9.66 Å². The highest BCUT2D eigenvalue weighted by atomic mass is 16.6. The zero-order valence-corrected chi connectivity index (χ0v) is 11.2. The van der Waals surface area contributed by atoms with Crippen molar-refractivity contribution in [1.29, 1.82) is 0 Å². The van der Waals surface area contributed by atoms with Gasteiger partial charge < -0.3 is 15.4 Å². The van der Waals surface area contributed by atoms with E-state index in [1.165, 1.54) is 6.20 Å². The average molecular weight is 269 g/mol. The molecule has 1 rings (SSSR count). The number of rotatable bonds is 9. The van der Waals surface area contributed by atoms with Crippen LogP contribution < -0.4 is 10.6 Å². The second-order valence-corrected chi connectivity index (χ2v) is 3.69. The molecule has 1 aromatic rings. The van der Waals surface area contributed by atoms with E-state index in [4.69, 9.17) is 4.74 Å². The number of aromatic nitrogens is 2. The highest BCUT2D eigenvalue weighted by Gasteiger charge is 2.16. The van der Waals surface area contributed by atoms with E-state index in [0.29, 0.717) is 32.3 Å². The Morgan fingerprint density at radius 3 is 2.84 bits per heavy atom. The molecule has 19 heavy (non-hydrogen) atoms. The Balaban J connectivity index is 2.66. The van der Waals surface area contributed by atoms with Crippen LogP contribution in [0.5, 0.6) is 0 Å². The molecule has 0 unspecified atom stereocenters. The van der Waals surface area contributed by atoms with Crippen molar-refractivity contribution in [2.24, 2.45) is 0 Å². The number of nitrogens with one attached hydrogen (secondary N) is 2. The Labute approximate surface area is 111 Å². The summed E-state index contributed by atoms with van der Waals surface area (Å²) in [5, 5.41) is 16.7. The smallest absolute Gasteiger partial charge is 0.329 e. The van der Waals surface area contributed by atoms with E-state index < -0.39 is 4.92 Å². The second-order valence-electron chi connectivity index (χ2n) is 3.69. The molecule has 106 valence electrons. The van der Waals surface area contributed by atoms with Crippen LogP contribution in [0, 0.1) is 10.1 Å². The lowest BCUT2D eigenvalue weighted by Gasteiger charge is -2.08. The number of anilines is 2. The van der Waals surface area contributed by atoms with Crippen LogP contribution >= 0.6 is 0 Å². The van der Waals surface area contributed by atoms with Crippen molar-refractivity contribution in [2.75, 3.05) is 36.9 Å². The molecule has 0 aliphatic carbocycles. The third-order valence-corrected chi connectivity index (χ3v) is 2.26. The van der Waals surface area contributed by atoms with Gasteiger partial charge in [-0.3, -0.25) is 10.1 Å². The van der Waals surface area contributed by atoms with Crippen LogP contribution in [0.1, 0.15) is 20.3 Å². The number of nitro groups is 1. The fourth-order valence-corrected chi connectivity index (χ4v) is 1.41. The lowest BCUT2D eigenvalue weighted by atomic mass is 10.4. The zero-order chi connectivity index (χ0) is 14.1. The van der Waals surface area contributed by atoms with Gasteiger partial charge in [-0.2, -0.15) is 4.98 Å². The molecule has 0 radical (unpaired) electrons. The molecule has 2 N–H and O–H groups in total. The Morgan fingerprint density at radius 1 is 1.42 bits per heavy atom. The fraction of sp³-hybridized carbons (Fsp3) is 0.636. The van der Waals surface area contributed by atoms with Gasteiger partial charge in [-0.1, -0.05) is 0 Å². The second kappa shape index (κ2) is 8.20. The molecule has 8 nitrogen and oxygen atoms in total. The molecule has 0 fully saturated rings. The van der Waals surface area contributed by atoms with Crippen LogP contribution in [0.4, 0.5) is 17.5 Å². The van der Waals surface area contributed by atoms with Crippen LogP contribution in [-0.2, 0) is 4.74 Å². The van der Waals surface area contributed by atoms with Gasteiger partial charge >= 0.3 is 5.69 Å². The predicted octanol–water partition coefficient (Wildman–Crippen LogP) is 1.66. The maximum absolute atomic E-state index is 10.9. The molecule has 1 heterocycles. The van der Waals surface area contributed by atoms with Crippen LogP contribution in [0.2, 0.25) is 0 Å². The average Bonchev–Trinajstić information content (AvgIpc) is 2.39. The summed E-state index contributed by atoms with van der Waals surface area (Å²) in [6, 6.07) is 0. The van der Waals surface area contributed by atoms with Gasteiger partial charge in [-0.05, 0) is 20.3 Å². The molecule has 0 amide bonds. The molecule has 0 saturated heterocycles. The highest BCUT2D eigenvalue weighted by Crippen LogP contribution is 2.21. The van der Waals surface area contributed by atoms with Crippen molar-refractivity contribution in [2.45, 2.75) is 20.3 Å². The summed E-state index contributed by atoms with van der Waals surface area (Å²) in [6.07, 6.45) is 1.96. The molecule has 8 heteroatoms. The number of nitrogens with zero attached hydrogens (tertiary/aromatic N) is 3. The van der Waals surface area contributed by atoms with E-state index >= 15 is 0 Å². The van der Waals surface area contributed by atoms with E-state index in [9.17, 15) is 10.1 Å². The van der Waals surface area contributed by atoms with Crippen molar-refractivity contribution in [3.05, 3.63) is 16.3 Å². The molecule has 1 aromatic heterocycles. The van der Waals surface area contributed by atoms with Crippen LogP contribution in [-0.4, -0.2) is 41.2 Å². The van der Waals surface area contributed by atoms with Gasteiger partial charge in [-0.25, -0.2) is 4.98 Å². The Hall–Kier alpha value is -1.96. The van der Waals surface area contributed by atoms with Crippen LogP contribution in [0.15, 0.2) is 6.20 Å². The van der Waals surface area contributed by atoms with Crippen molar-refractivity contribution in [3.63, 3.8) is 0 Å². The summed E-state index contributed by atoms with van der Waals surface area (Å²) in [5.74, 6) is 0.604. The third kappa shape index (κ3) is 5.04. The Morgan fingerprint density at radius 2 is 2.21 bits per heavy atom. The topological polar surface area (TPSA) is 102 Å². The number of ether oxygens (including phenoxy) is 1. The van der Waals surface area contributed by atoms with Gasteiger partial charge in [0.15, 0.2) is 0 Å². The molecule has 0 aromatic carbocycles. The van der Waals surface area contributed by atoms with E-state index in [0.717, 1.165) is 6.42 Å². The van der Waals surface area contributed by atoms with Gasteiger partial charge in [0, 0.05) is 26.3 Å². The van der Waals surface area contributed by atoms with E-state index in [-0.39, 0.29) is 11.5 Å². The minimum Gasteiger partial charge on any atom is -0.382 e. The largest absolute Gasteiger partial charge is 0.382 e. The first-order valence-electron chi connectivity index (χ1n) is 6.26. The summed E-state index contributed by atoms with van der Waals surface area (Å²) >= 11 is 0. The Kier molecular flexibility index (Phi) is 6.51. The monoisotopic (exact) mass is 269 g/mol. The summed E-state index contributed by atoms with van der Waals surface area (Å²) < 4.78 is 5.19. The predicted molar refractivity (Wildman–Crippen MR) is 72.4 cm³/mol. The van der Waals surface area contributed by atoms with Gasteiger partial charge in [0.05, 0.1) is 4.92 Å². The summed E-state index contributed by atoms with van der Waals surface area (Å²) in [6.45, 7) is 6.32. The fourth-order valence-electron chi connectivity index (χ4n) is 1.41. The van der Waals surface area contributed by atoms with Crippen molar-refractivity contribution >= 4 is 17.5 Å². The molecular weight excluding hydrogens is 250 g/mol. The molecule has 0 bridgehead atoms. The summed E-state index contributed by atoms with van der Waals surface area (Å²) in [7, 11) is 0.